The van der Waals surface area contributed by atoms with E-state index in [0.29, 0.717) is 0 Å². The van der Waals surface area contributed by atoms with E-state index in [1.807, 2.05) is 0 Å². The number of aliphatic carboxylic acids is 2. The fourth-order valence-corrected chi connectivity index (χ4v) is 1.58. The van der Waals surface area contributed by atoms with Crippen LogP contribution in [0, 0.1) is 0 Å². The summed E-state index contributed by atoms with van der Waals surface area (Å²) in [5, 5.41) is 19.8. The molecule has 0 saturated carbocycles. The van der Waals surface area contributed by atoms with Crippen molar-refractivity contribution in [1.29, 1.82) is 0 Å². The molecular formula is C8H12N2O5. The lowest BCUT2D eigenvalue weighted by Crippen LogP contribution is -2.53. The van der Waals surface area contributed by atoms with E-state index in [9.17, 15) is 14.4 Å². The monoisotopic (exact) mass is 216 g/mol. The van der Waals surface area contributed by atoms with E-state index in [4.69, 9.17) is 15.9 Å². The summed E-state index contributed by atoms with van der Waals surface area (Å²) in [6, 6.07) is -1.29. The molecule has 1 saturated heterocycles. The van der Waals surface area contributed by atoms with Gasteiger partial charge in [0.1, 0.15) is 11.6 Å². The maximum Gasteiger partial charge on any atom is 0.329 e. The third-order valence-electron chi connectivity index (χ3n) is 2.45. The molecule has 15 heavy (non-hydrogen) atoms. The largest absolute Gasteiger partial charge is 0.480 e. The summed E-state index contributed by atoms with van der Waals surface area (Å²) < 4.78 is 0. The maximum atomic E-state index is 11.0. The Balaban J connectivity index is 2.80. The highest BCUT2D eigenvalue weighted by atomic mass is 16.4. The molecule has 0 aromatic heterocycles. The Kier molecular flexibility index (Phi) is 2.94. The zero-order valence-corrected chi connectivity index (χ0v) is 7.90. The van der Waals surface area contributed by atoms with E-state index in [-0.39, 0.29) is 19.3 Å². The fraction of sp³-hybridized carbons (Fsp3) is 0.625. The minimum Gasteiger partial charge on any atom is -0.480 e. The first kappa shape index (κ1) is 11.4. The number of nitrogens with one attached hydrogen (secondary N) is 1. The molecule has 0 spiro atoms. The topological polar surface area (TPSA) is 130 Å². The van der Waals surface area contributed by atoms with Gasteiger partial charge in [-0.05, 0) is 6.42 Å². The van der Waals surface area contributed by atoms with Gasteiger partial charge >= 0.3 is 11.9 Å². The molecule has 1 rings (SSSR count). The van der Waals surface area contributed by atoms with E-state index in [1.54, 1.807) is 0 Å². The number of nitrogens with two attached hydrogens (primary N) is 1. The molecule has 7 heteroatoms. The van der Waals surface area contributed by atoms with Gasteiger partial charge in [0, 0.05) is 12.8 Å². The summed E-state index contributed by atoms with van der Waals surface area (Å²) in [5.41, 5.74) is 3.73. The van der Waals surface area contributed by atoms with Crippen molar-refractivity contribution in [1.82, 2.24) is 5.32 Å². The van der Waals surface area contributed by atoms with Crippen molar-refractivity contribution < 1.29 is 24.6 Å². The van der Waals surface area contributed by atoms with Gasteiger partial charge in [0.05, 0.1) is 0 Å². The summed E-state index contributed by atoms with van der Waals surface area (Å²) >= 11 is 0. The van der Waals surface area contributed by atoms with Crippen molar-refractivity contribution in [2.45, 2.75) is 30.8 Å². The lowest BCUT2D eigenvalue weighted by atomic mass is 9.90. The Morgan fingerprint density at radius 3 is 2.47 bits per heavy atom. The van der Waals surface area contributed by atoms with E-state index in [2.05, 4.69) is 5.32 Å². The number of hydrogen-bond donors (Lipinski definition) is 4. The highest BCUT2D eigenvalue weighted by Crippen LogP contribution is 2.25. The van der Waals surface area contributed by atoms with Crippen LogP contribution in [0.25, 0.3) is 0 Å². The van der Waals surface area contributed by atoms with E-state index in [0.717, 1.165) is 0 Å². The van der Waals surface area contributed by atoms with Crippen molar-refractivity contribution in [3.63, 3.8) is 0 Å². The molecule has 7 nitrogen and oxygen atoms in total. The second kappa shape index (κ2) is 3.85. The first-order chi connectivity index (χ1) is 6.87. The van der Waals surface area contributed by atoms with Crippen LogP contribution in [-0.2, 0) is 14.4 Å². The lowest BCUT2D eigenvalue weighted by Gasteiger charge is -2.25. The summed E-state index contributed by atoms with van der Waals surface area (Å²) in [4.78, 5) is 32.4. The Hall–Kier alpha value is -1.63. The molecule has 0 radical (unpaired) electrons. The van der Waals surface area contributed by atoms with Gasteiger partial charge in [0.15, 0.2) is 0 Å². The van der Waals surface area contributed by atoms with Gasteiger partial charge < -0.3 is 21.3 Å². The Morgan fingerprint density at radius 1 is 1.53 bits per heavy atom. The number of carboxylic acid groups (broad SMARTS) is 2. The second-order valence-electron chi connectivity index (χ2n) is 3.58. The molecule has 1 aliphatic rings. The van der Waals surface area contributed by atoms with Gasteiger partial charge in [0.25, 0.3) is 0 Å². The number of rotatable bonds is 4. The van der Waals surface area contributed by atoms with Crippen LogP contribution in [0.3, 0.4) is 0 Å². The molecule has 2 atom stereocenters. The van der Waals surface area contributed by atoms with Crippen LogP contribution >= 0.6 is 0 Å². The van der Waals surface area contributed by atoms with Crippen molar-refractivity contribution in [3.05, 3.63) is 0 Å². The molecular weight excluding hydrogens is 204 g/mol. The molecule has 0 unspecified atom stereocenters. The number of carbonyl (C=O) groups excluding carboxylic acids is 1. The smallest absolute Gasteiger partial charge is 0.329 e. The van der Waals surface area contributed by atoms with Gasteiger partial charge in [-0.2, -0.15) is 0 Å². The Morgan fingerprint density at radius 2 is 2.13 bits per heavy atom. The number of carbonyl (C=O) groups is 3. The second-order valence-corrected chi connectivity index (χ2v) is 3.58. The van der Waals surface area contributed by atoms with Crippen LogP contribution in [0.15, 0.2) is 0 Å². The van der Waals surface area contributed by atoms with Crippen molar-refractivity contribution >= 4 is 17.8 Å². The standard InChI is InChI=1S/C8H12N2O5/c9-4(6(12)13)3-8(7(14)15)2-1-5(11)10-8/h4H,1-3,9H2,(H,10,11)(H,12,13)(H,14,15)/t4-,8-/m0/s1. The molecule has 0 aliphatic carbocycles. The molecule has 0 bridgehead atoms. The third-order valence-corrected chi connectivity index (χ3v) is 2.45. The van der Waals surface area contributed by atoms with Crippen molar-refractivity contribution in [3.8, 4) is 0 Å². The van der Waals surface area contributed by atoms with Crippen LogP contribution in [0.5, 0.6) is 0 Å². The summed E-state index contributed by atoms with van der Waals surface area (Å²) in [6.45, 7) is 0. The van der Waals surface area contributed by atoms with Gasteiger partial charge in [0.2, 0.25) is 5.91 Å². The SMILES string of the molecule is N[C@@H](C[C@]1(C(=O)O)CCC(=O)N1)C(=O)O. The molecule has 1 aliphatic heterocycles. The van der Waals surface area contributed by atoms with Gasteiger partial charge in [-0.15, -0.1) is 0 Å². The summed E-state index contributed by atoms with van der Waals surface area (Å²) in [5.74, 6) is -2.92. The molecule has 1 fully saturated rings. The molecule has 1 amide bonds. The van der Waals surface area contributed by atoms with Gasteiger partial charge in [-0.1, -0.05) is 0 Å². The predicted molar refractivity (Wildman–Crippen MR) is 48.0 cm³/mol. The predicted octanol–water partition coefficient (Wildman–Crippen LogP) is -1.48. The van der Waals surface area contributed by atoms with Gasteiger partial charge in [-0.25, -0.2) is 4.79 Å². The summed E-state index contributed by atoms with van der Waals surface area (Å²) in [7, 11) is 0. The summed E-state index contributed by atoms with van der Waals surface area (Å²) in [6.07, 6.45) is -0.149. The van der Waals surface area contributed by atoms with Crippen LogP contribution in [0.4, 0.5) is 0 Å². The average molecular weight is 216 g/mol. The number of hydrogen-bond acceptors (Lipinski definition) is 4. The molecule has 5 N–H and O–H groups in total. The van der Waals surface area contributed by atoms with E-state index < -0.39 is 29.4 Å². The first-order valence-corrected chi connectivity index (χ1v) is 4.40. The minimum absolute atomic E-state index is 0.0716. The molecule has 0 aromatic carbocycles. The van der Waals surface area contributed by atoms with E-state index in [1.165, 1.54) is 0 Å². The zero-order valence-electron chi connectivity index (χ0n) is 7.90. The molecule has 1 heterocycles. The van der Waals surface area contributed by atoms with Crippen LogP contribution in [0.2, 0.25) is 0 Å². The molecule has 0 aromatic rings. The fourth-order valence-electron chi connectivity index (χ4n) is 1.58. The zero-order chi connectivity index (χ0) is 11.6. The number of carboxylic acids is 2. The minimum atomic E-state index is -1.52. The van der Waals surface area contributed by atoms with Crippen LogP contribution in [-0.4, -0.2) is 39.6 Å². The van der Waals surface area contributed by atoms with E-state index >= 15 is 0 Å². The van der Waals surface area contributed by atoms with Crippen molar-refractivity contribution in [2.75, 3.05) is 0 Å². The number of amides is 1. The van der Waals surface area contributed by atoms with Crippen LogP contribution in [0.1, 0.15) is 19.3 Å². The quantitative estimate of drug-likeness (QED) is 0.453. The third kappa shape index (κ3) is 2.24. The average Bonchev–Trinajstić information content (AvgIpc) is 2.48. The van der Waals surface area contributed by atoms with Crippen molar-refractivity contribution in [2.24, 2.45) is 5.73 Å². The Bertz CT molecular complexity index is 316. The van der Waals surface area contributed by atoms with Crippen LogP contribution < -0.4 is 11.1 Å². The molecule has 84 valence electrons. The maximum absolute atomic E-state index is 11.0. The highest BCUT2D eigenvalue weighted by Gasteiger charge is 2.46. The van der Waals surface area contributed by atoms with Gasteiger partial charge in [-0.3, -0.25) is 9.59 Å². The first-order valence-electron chi connectivity index (χ1n) is 4.40. The lowest BCUT2D eigenvalue weighted by molar-refractivity contribution is -0.147. The Labute approximate surface area is 85.3 Å². The normalized spacial score (nSPS) is 27.1. The highest BCUT2D eigenvalue weighted by molar-refractivity contribution is 5.91.